The molecular formula is C13H19ClN2O. The van der Waals surface area contributed by atoms with E-state index >= 15 is 0 Å². The van der Waals surface area contributed by atoms with E-state index in [4.69, 9.17) is 16.3 Å². The van der Waals surface area contributed by atoms with Gasteiger partial charge in [-0.2, -0.15) is 0 Å². The first-order valence-electron chi connectivity index (χ1n) is 6.10. The lowest BCUT2D eigenvalue weighted by atomic mass is 9.97. The molecule has 0 unspecified atom stereocenters. The smallest absolute Gasteiger partial charge is 0.133 e. The Morgan fingerprint density at radius 3 is 2.88 bits per heavy atom. The monoisotopic (exact) mass is 254 g/mol. The molecule has 4 heteroatoms. The van der Waals surface area contributed by atoms with Crippen LogP contribution in [-0.4, -0.2) is 36.7 Å². The Hall–Kier alpha value is -0.640. The van der Waals surface area contributed by atoms with Crippen molar-refractivity contribution in [3.05, 3.63) is 29.0 Å². The van der Waals surface area contributed by atoms with Crippen LogP contribution in [-0.2, 0) is 11.3 Å². The normalized spacial score (nSPS) is 18.5. The van der Waals surface area contributed by atoms with Gasteiger partial charge in [-0.1, -0.05) is 17.7 Å². The topological polar surface area (TPSA) is 25.4 Å². The van der Waals surface area contributed by atoms with Crippen molar-refractivity contribution >= 4 is 11.6 Å². The van der Waals surface area contributed by atoms with Crippen molar-refractivity contribution in [2.75, 3.05) is 26.8 Å². The lowest BCUT2D eigenvalue weighted by Crippen LogP contribution is -2.34. The van der Waals surface area contributed by atoms with Gasteiger partial charge in [0.05, 0.1) is 0 Å². The van der Waals surface area contributed by atoms with Crippen LogP contribution in [0.4, 0.5) is 0 Å². The van der Waals surface area contributed by atoms with Gasteiger partial charge in [0.25, 0.3) is 0 Å². The van der Waals surface area contributed by atoms with Gasteiger partial charge in [-0.25, -0.2) is 4.98 Å². The summed E-state index contributed by atoms with van der Waals surface area (Å²) >= 11 is 6.06. The summed E-state index contributed by atoms with van der Waals surface area (Å²) in [4.78, 5) is 6.55. The van der Waals surface area contributed by atoms with Gasteiger partial charge in [-0.15, -0.1) is 0 Å². The van der Waals surface area contributed by atoms with Crippen LogP contribution in [0, 0.1) is 5.92 Å². The molecule has 1 aliphatic heterocycles. The van der Waals surface area contributed by atoms with E-state index in [2.05, 4.69) is 16.0 Å². The van der Waals surface area contributed by atoms with Crippen LogP contribution < -0.4 is 0 Å². The Bertz CT molecular complexity index is 351. The molecule has 0 saturated carbocycles. The summed E-state index contributed by atoms with van der Waals surface area (Å²) in [6.45, 7) is 4.05. The fraction of sp³-hybridized carbons (Fsp3) is 0.615. The Morgan fingerprint density at radius 1 is 1.47 bits per heavy atom. The zero-order valence-corrected chi connectivity index (χ0v) is 11.0. The van der Waals surface area contributed by atoms with Crippen LogP contribution in [0.5, 0.6) is 0 Å². The minimum Gasteiger partial charge on any atom is -0.384 e. The van der Waals surface area contributed by atoms with Gasteiger partial charge in [0, 0.05) is 32.0 Å². The number of methoxy groups -OCH3 is 1. The molecule has 1 aromatic heterocycles. The maximum absolute atomic E-state index is 6.06. The predicted molar refractivity (Wildman–Crippen MR) is 69.1 cm³/mol. The molecule has 94 valence electrons. The second kappa shape index (κ2) is 6.34. The zero-order chi connectivity index (χ0) is 12.1. The maximum Gasteiger partial charge on any atom is 0.133 e. The van der Waals surface area contributed by atoms with Crippen molar-refractivity contribution in [3.8, 4) is 0 Å². The van der Waals surface area contributed by atoms with Crippen molar-refractivity contribution in [1.82, 2.24) is 9.88 Å². The van der Waals surface area contributed by atoms with Gasteiger partial charge in [0.15, 0.2) is 0 Å². The quantitative estimate of drug-likeness (QED) is 0.773. The lowest BCUT2D eigenvalue weighted by molar-refractivity contribution is 0.0968. The lowest BCUT2D eigenvalue weighted by Gasteiger charge is -2.31. The van der Waals surface area contributed by atoms with Gasteiger partial charge in [-0.3, -0.25) is 4.90 Å². The van der Waals surface area contributed by atoms with E-state index in [0.717, 1.165) is 37.7 Å². The number of nitrogens with zero attached hydrogens (tertiary/aromatic N) is 2. The van der Waals surface area contributed by atoms with Crippen LogP contribution in [0.25, 0.3) is 0 Å². The minimum atomic E-state index is 0.631. The number of hydrogen-bond acceptors (Lipinski definition) is 3. The van der Waals surface area contributed by atoms with Crippen LogP contribution in [0.1, 0.15) is 18.4 Å². The molecule has 17 heavy (non-hydrogen) atoms. The molecule has 1 fully saturated rings. The van der Waals surface area contributed by atoms with E-state index in [1.54, 1.807) is 13.3 Å². The molecule has 0 aliphatic carbocycles. The van der Waals surface area contributed by atoms with Crippen molar-refractivity contribution in [1.29, 1.82) is 0 Å². The summed E-state index contributed by atoms with van der Waals surface area (Å²) in [5.41, 5.74) is 1.12. The summed E-state index contributed by atoms with van der Waals surface area (Å²) in [6.07, 6.45) is 4.16. The standard InChI is InChI=1S/C13H19ClN2O/c1-17-10-11-4-7-16(8-5-11)9-12-3-2-6-15-13(12)14/h2-3,6,11H,4-5,7-10H2,1H3. The predicted octanol–water partition coefficient (Wildman–Crippen LogP) is 2.59. The molecule has 0 bridgehead atoms. The van der Waals surface area contributed by atoms with Gasteiger partial charge < -0.3 is 4.74 Å². The number of aromatic nitrogens is 1. The van der Waals surface area contributed by atoms with E-state index in [1.807, 2.05) is 6.07 Å². The second-order valence-corrected chi connectivity index (χ2v) is 4.99. The number of likely N-dealkylation sites (tertiary alicyclic amines) is 1. The first-order chi connectivity index (χ1) is 8.29. The molecule has 0 amide bonds. The fourth-order valence-corrected chi connectivity index (χ4v) is 2.50. The number of pyridine rings is 1. The summed E-state index contributed by atoms with van der Waals surface area (Å²) in [5.74, 6) is 0.723. The zero-order valence-electron chi connectivity index (χ0n) is 10.2. The van der Waals surface area contributed by atoms with Crippen molar-refractivity contribution < 1.29 is 4.74 Å². The highest BCUT2D eigenvalue weighted by atomic mass is 35.5. The number of ether oxygens (including phenoxy) is 1. The molecule has 0 spiro atoms. The molecular weight excluding hydrogens is 236 g/mol. The summed E-state index contributed by atoms with van der Waals surface area (Å²) in [7, 11) is 1.78. The average molecular weight is 255 g/mol. The highest BCUT2D eigenvalue weighted by Gasteiger charge is 2.19. The Labute approximate surface area is 108 Å². The summed E-state index contributed by atoms with van der Waals surface area (Å²) in [6, 6.07) is 4.00. The first-order valence-corrected chi connectivity index (χ1v) is 6.48. The van der Waals surface area contributed by atoms with Gasteiger partial charge in [0.1, 0.15) is 5.15 Å². The molecule has 2 heterocycles. The molecule has 0 aromatic carbocycles. The van der Waals surface area contributed by atoms with Crippen LogP contribution >= 0.6 is 11.6 Å². The molecule has 0 N–H and O–H groups in total. The summed E-state index contributed by atoms with van der Waals surface area (Å²) < 4.78 is 5.20. The van der Waals surface area contributed by atoms with Crippen LogP contribution in [0.3, 0.4) is 0 Å². The fourth-order valence-electron chi connectivity index (χ4n) is 2.33. The third-order valence-electron chi connectivity index (χ3n) is 3.34. The number of rotatable bonds is 4. The molecule has 3 nitrogen and oxygen atoms in total. The van der Waals surface area contributed by atoms with E-state index in [0.29, 0.717) is 5.15 Å². The highest BCUT2D eigenvalue weighted by molar-refractivity contribution is 6.30. The number of piperidine rings is 1. The first kappa shape index (κ1) is 12.8. The highest BCUT2D eigenvalue weighted by Crippen LogP contribution is 2.21. The second-order valence-electron chi connectivity index (χ2n) is 4.63. The molecule has 2 rings (SSSR count). The average Bonchev–Trinajstić information content (AvgIpc) is 2.35. The summed E-state index contributed by atoms with van der Waals surface area (Å²) in [5, 5.41) is 0.631. The van der Waals surface area contributed by atoms with Crippen molar-refractivity contribution in [2.45, 2.75) is 19.4 Å². The van der Waals surface area contributed by atoms with Gasteiger partial charge >= 0.3 is 0 Å². The van der Waals surface area contributed by atoms with E-state index in [-0.39, 0.29) is 0 Å². The minimum absolute atomic E-state index is 0.631. The third-order valence-corrected chi connectivity index (χ3v) is 3.68. The van der Waals surface area contributed by atoms with Crippen molar-refractivity contribution in [2.24, 2.45) is 5.92 Å². The van der Waals surface area contributed by atoms with E-state index < -0.39 is 0 Å². The Balaban J connectivity index is 1.84. The van der Waals surface area contributed by atoms with Crippen LogP contribution in [0.2, 0.25) is 5.15 Å². The largest absolute Gasteiger partial charge is 0.384 e. The molecule has 0 radical (unpaired) electrons. The van der Waals surface area contributed by atoms with E-state index in [9.17, 15) is 0 Å². The molecule has 1 aliphatic rings. The van der Waals surface area contributed by atoms with Gasteiger partial charge in [-0.05, 0) is 37.9 Å². The Kier molecular flexibility index (Phi) is 4.77. The van der Waals surface area contributed by atoms with E-state index in [1.165, 1.54) is 12.8 Å². The van der Waals surface area contributed by atoms with Crippen LogP contribution in [0.15, 0.2) is 18.3 Å². The number of hydrogen-bond donors (Lipinski definition) is 0. The third kappa shape index (κ3) is 3.66. The van der Waals surface area contributed by atoms with Crippen molar-refractivity contribution in [3.63, 3.8) is 0 Å². The number of halogens is 1. The van der Waals surface area contributed by atoms with Gasteiger partial charge in [0.2, 0.25) is 0 Å². The maximum atomic E-state index is 6.06. The molecule has 1 saturated heterocycles. The molecule has 0 atom stereocenters. The Morgan fingerprint density at radius 2 is 2.24 bits per heavy atom. The SMILES string of the molecule is COCC1CCN(Cc2cccnc2Cl)CC1. The molecule has 1 aromatic rings.